The van der Waals surface area contributed by atoms with E-state index in [1.54, 1.807) is 18.2 Å². The quantitative estimate of drug-likeness (QED) is 0.118. The van der Waals surface area contributed by atoms with Crippen molar-refractivity contribution in [1.82, 2.24) is 4.90 Å². The first-order chi connectivity index (χ1) is 19.5. The van der Waals surface area contributed by atoms with Gasteiger partial charge in [-0.25, -0.2) is 0 Å². The summed E-state index contributed by atoms with van der Waals surface area (Å²) >= 11 is 0.906. The van der Waals surface area contributed by atoms with E-state index in [4.69, 9.17) is 4.74 Å². The Labute approximate surface area is 233 Å². The number of carbonyl (C=O) groups is 2. The zero-order chi connectivity index (χ0) is 27.6. The van der Waals surface area contributed by atoms with Gasteiger partial charge in [-0.1, -0.05) is 84.9 Å². The number of thioether (sulfide) groups is 1. The van der Waals surface area contributed by atoms with Crippen LogP contribution in [0, 0.1) is 10.1 Å². The molecular weight excluding hydrogens is 524 g/mol. The molecule has 0 unspecified atom stereocenters. The number of nitro groups is 1. The Balaban J connectivity index is 1.33. The van der Waals surface area contributed by atoms with Gasteiger partial charge in [0.1, 0.15) is 12.4 Å². The van der Waals surface area contributed by atoms with E-state index in [9.17, 15) is 19.7 Å². The highest BCUT2D eigenvalue weighted by Crippen LogP contribution is 2.38. The number of carbonyl (C=O) groups excluding carboxylic acids is 2. The Morgan fingerprint density at radius 1 is 0.825 bits per heavy atom. The Hall–Kier alpha value is -4.95. The lowest BCUT2D eigenvalue weighted by molar-refractivity contribution is -0.384. The summed E-state index contributed by atoms with van der Waals surface area (Å²) in [6, 6.07) is 31.5. The third-order valence-electron chi connectivity index (χ3n) is 6.80. The van der Waals surface area contributed by atoms with Crippen LogP contribution in [0.15, 0.2) is 108 Å². The molecular formula is C32H22N2O5S. The molecule has 196 valence electrons. The van der Waals surface area contributed by atoms with E-state index >= 15 is 0 Å². The van der Waals surface area contributed by atoms with Crippen LogP contribution in [0.4, 0.5) is 10.5 Å². The van der Waals surface area contributed by atoms with Gasteiger partial charge >= 0.3 is 0 Å². The van der Waals surface area contributed by atoms with E-state index in [0.717, 1.165) is 38.9 Å². The molecule has 0 N–H and O–H groups in total. The lowest BCUT2D eigenvalue weighted by atomic mass is 10.0. The molecule has 1 fully saturated rings. The first-order valence-corrected chi connectivity index (χ1v) is 13.4. The number of fused-ring (bicyclic) bond motifs is 2. The molecule has 2 amide bonds. The van der Waals surface area contributed by atoms with Gasteiger partial charge in [-0.3, -0.25) is 24.6 Å². The zero-order valence-electron chi connectivity index (χ0n) is 21.2. The summed E-state index contributed by atoms with van der Waals surface area (Å²) in [7, 11) is 0. The fourth-order valence-corrected chi connectivity index (χ4v) is 5.66. The number of imide groups is 1. The predicted octanol–water partition coefficient (Wildman–Crippen LogP) is 7.72. The van der Waals surface area contributed by atoms with Gasteiger partial charge in [0.2, 0.25) is 0 Å². The first-order valence-electron chi connectivity index (χ1n) is 12.6. The summed E-state index contributed by atoms with van der Waals surface area (Å²) in [6.07, 6.45) is 1.71. The van der Waals surface area contributed by atoms with Crippen LogP contribution < -0.4 is 4.74 Å². The number of hydrogen-bond acceptors (Lipinski definition) is 6. The Morgan fingerprint density at radius 2 is 1.52 bits per heavy atom. The lowest BCUT2D eigenvalue weighted by Crippen LogP contribution is -2.27. The van der Waals surface area contributed by atoms with Crippen molar-refractivity contribution in [3.8, 4) is 5.75 Å². The summed E-state index contributed by atoms with van der Waals surface area (Å²) in [5, 5.41) is 14.7. The second kappa shape index (κ2) is 10.7. The number of rotatable bonds is 7. The molecule has 0 aromatic heterocycles. The van der Waals surface area contributed by atoms with Crippen LogP contribution in [-0.2, 0) is 17.9 Å². The van der Waals surface area contributed by atoms with Crippen LogP contribution in [0.3, 0.4) is 0 Å². The van der Waals surface area contributed by atoms with Crippen LogP contribution in [0.25, 0.3) is 27.6 Å². The minimum atomic E-state index is -0.445. The second-order valence-corrected chi connectivity index (χ2v) is 10.3. The van der Waals surface area contributed by atoms with Crippen molar-refractivity contribution < 1.29 is 19.2 Å². The normalized spacial score (nSPS) is 14.4. The molecule has 6 rings (SSSR count). The van der Waals surface area contributed by atoms with E-state index in [0.29, 0.717) is 21.8 Å². The Morgan fingerprint density at radius 3 is 2.33 bits per heavy atom. The zero-order valence-corrected chi connectivity index (χ0v) is 22.0. The van der Waals surface area contributed by atoms with Gasteiger partial charge in [-0.2, -0.15) is 0 Å². The number of amides is 2. The molecule has 1 saturated heterocycles. The van der Waals surface area contributed by atoms with Crippen molar-refractivity contribution >= 4 is 56.2 Å². The number of ether oxygens (including phenoxy) is 1. The van der Waals surface area contributed by atoms with E-state index in [1.165, 1.54) is 17.0 Å². The van der Waals surface area contributed by atoms with Gasteiger partial charge in [-0.15, -0.1) is 0 Å². The van der Waals surface area contributed by atoms with Crippen molar-refractivity contribution in [2.75, 3.05) is 0 Å². The number of hydrogen-bond donors (Lipinski definition) is 0. The molecule has 0 atom stereocenters. The molecule has 1 aliphatic rings. The van der Waals surface area contributed by atoms with Crippen molar-refractivity contribution in [3.63, 3.8) is 0 Å². The van der Waals surface area contributed by atoms with Crippen LogP contribution in [-0.4, -0.2) is 21.0 Å². The minimum Gasteiger partial charge on any atom is -0.488 e. The van der Waals surface area contributed by atoms with Gasteiger partial charge in [0.05, 0.1) is 16.4 Å². The van der Waals surface area contributed by atoms with Gasteiger partial charge in [-0.05, 0) is 56.6 Å². The van der Waals surface area contributed by atoms with E-state index < -0.39 is 4.92 Å². The largest absolute Gasteiger partial charge is 0.488 e. The maximum atomic E-state index is 13.5. The number of nitro benzene ring substituents is 1. The third kappa shape index (κ3) is 4.92. The monoisotopic (exact) mass is 546 g/mol. The standard InChI is InChI=1S/C32H22N2O5S/c35-31-30(40-32(36)33(31)19-24-11-6-10-22-8-1-3-13-26(22)24)18-28-27-14-4-2-9-23(27)15-16-29(28)39-20-21-7-5-12-25(17-21)34(37)38/h1-18H,19-20H2/b30-18+. The van der Waals surface area contributed by atoms with Crippen LogP contribution in [0.1, 0.15) is 16.7 Å². The smallest absolute Gasteiger partial charge is 0.293 e. The SMILES string of the molecule is O=C1S/C(=C/c2c(OCc3cccc([N+](=O)[O-])c3)ccc3ccccc23)C(=O)N1Cc1cccc2ccccc12. The summed E-state index contributed by atoms with van der Waals surface area (Å²) in [5.74, 6) is 0.145. The van der Waals surface area contributed by atoms with Crippen molar-refractivity contribution in [1.29, 1.82) is 0 Å². The molecule has 40 heavy (non-hydrogen) atoms. The van der Waals surface area contributed by atoms with Gasteiger partial charge in [0.25, 0.3) is 16.8 Å². The van der Waals surface area contributed by atoms with E-state index in [2.05, 4.69) is 0 Å². The summed E-state index contributed by atoms with van der Waals surface area (Å²) < 4.78 is 6.12. The molecule has 5 aromatic rings. The van der Waals surface area contributed by atoms with Crippen molar-refractivity contribution in [2.45, 2.75) is 13.2 Å². The maximum absolute atomic E-state index is 13.5. The van der Waals surface area contributed by atoms with Crippen LogP contribution in [0.2, 0.25) is 0 Å². The van der Waals surface area contributed by atoms with Crippen LogP contribution >= 0.6 is 11.8 Å². The average Bonchev–Trinajstić information content (AvgIpc) is 3.24. The molecule has 5 aromatic carbocycles. The van der Waals surface area contributed by atoms with Crippen molar-refractivity contribution in [3.05, 3.63) is 135 Å². The highest BCUT2D eigenvalue weighted by Gasteiger charge is 2.35. The Bertz CT molecular complexity index is 1840. The summed E-state index contributed by atoms with van der Waals surface area (Å²) in [6.45, 7) is 0.276. The second-order valence-electron chi connectivity index (χ2n) is 9.32. The highest BCUT2D eigenvalue weighted by atomic mass is 32.2. The van der Waals surface area contributed by atoms with Crippen molar-refractivity contribution in [2.24, 2.45) is 0 Å². The number of non-ortho nitro benzene ring substituents is 1. The average molecular weight is 547 g/mol. The topological polar surface area (TPSA) is 89.7 Å². The fourth-order valence-electron chi connectivity index (χ4n) is 4.84. The summed E-state index contributed by atoms with van der Waals surface area (Å²) in [5.41, 5.74) is 2.19. The summed E-state index contributed by atoms with van der Waals surface area (Å²) in [4.78, 5) is 38.8. The maximum Gasteiger partial charge on any atom is 0.293 e. The molecule has 7 nitrogen and oxygen atoms in total. The van der Waals surface area contributed by atoms with Gasteiger partial charge in [0, 0.05) is 17.7 Å². The molecule has 0 bridgehead atoms. The van der Waals surface area contributed by atoms with Gasteiger partial charge in [0.15, 0.2) is 0 Å². The molecule has 1 aliphatic heterocycles. The Kier molecular flexibility index (Phi) is 6.76. The van der Waals surface area contributed by atoms with E-state index in [-0.39, 0.29) is 30.0 Å². The molecule has 0 spiro atoms. The fraction of sp³-hybridized carbons (Fsp3) is 0.0625. The molecule has 8 heteroatoms. The van der Waals surface area contributed by atoms with Crippen LogP contribution in [0.5, 0.6) is 5.75 Å². The van der Waals surface area contributed by atoms with E-state index in [1.807, 2.05) is 78.9 Å². The molecule has 0 aliphatic carbocycles. The minimum absolute atomic E-state index is 0.0142. The first kappa shape index (κ1) is 25.3. The van der Waals surface area contributed by atoms with Gasteiger partial charge < -0.3 is 4.74 Å². The lowest BCUT2D eigenvalue weighted by Gasteiger charge is -2.15. The molecule has 1 heterocycles. The predicted molar refractivity (Wildman–Crippen MR) is 157 cm³/mol. The number of nitrogens with zero attached hydrogens (tertiary/aromatic N) is 2. The third-order valence-corrected chi connectivity index (χ3v) is 7.71. The highest BCUT2D eigenvalue weighted by molar-refractivity contribution is 8.18. The number of benzene rings is 5. The molecule has 0 saturated carbocycles. The molecule has 0 radical (unpaired) electrons.